The predicted molar refractivity (Wildman–Crippen MR) is 124 cm³/mol. The monoisotopic (exact) mass is 473 g/mol. The third-order valence-corrected chi connectivity index (χ3v) is 5.17. The second-order valence-electron chi connectivity index (χ2n) is 7.46. The molecule has 0 radical (unpaired) electrons. The second-order valence-corrected chi connectivity index (χ2v) is 7.87. The van der Waals surface area contributed by atoms with Crippen molar-refractivity contribution in [3.8, 4) is 5.75 Å². The van der Waals surface area contributed by atoms with Crippen molar-refractivity contribution >= 4 is 40.1 Å². The highest BCUT2D eigenvalue weighted by Gasteiger charge is 2.16. The van der Waals surface area contributed by atoms with Gasteiger partial charge in [-0.15, -0.1) is 0 Å². The normalized spacial score (nSPS) is 11.8. The quantitative estimate of drug-likeness (QED) is 0.377. The Balaban J connectivity index is 1.70. The minimum atomic E-state index is -0.693. The number of nitrogens with one attached hydrogen (secondary N) is 1. The predicted octanol–water partition coefficient (Wildman–Crippen LogP) is 3.87. The van der Waals surface area contributed by atoms with Crippen LogP contribution < -0.4 is 15.7 Å². The van der Waals surface area contributed by atoms with Crippen LogP contribution in [0.1, 0.15) is 35.3 Å². The van der Waals surface area contributed by atoms with Gasteiger partial charge in [0, 0.05) is 29.1 Å². The van der Waals surface area contributed by atoms with E-state index in [1.165, 1.54) is 6.07 Å². The maximum absolute atomic E-state index is 12.3. The third kappa shape index (κ3) is 5.91. The number of anilines is 1. The number of ether oxygens (including phenoxy) is 2. The molecular formula is C24H24ClNO7. The number of aryl methyl sites for hydroxylation is 1. The summed E-state index contributed by atoms with van der Waals surface area (Å²) in [6, 6.07) is 9.31. The molecule has 2 N–H and O–H groups in total. The van der Waals surface area contributed by atoms with Crippen LogP contribution >= 0.6 is 11.6 Å². The molecule has 0 aliphatic carbocycles. The fraction of sp³-hybridized carbons (Fsp3) is 0.292. The summed E-state index contributed by atoms with van der Waals surface area (Å²) < 4.78 is 15.8. The summed E-state index contributed by atoms with van der Waals surface area (Å²) in [6.07, 6.45) is -0.525. The van der Waals surface area contributed by atoms with E-state index in [9.17, 15) is 19.5 Å². The Hall–Kier alpha value is -3.36. The van der Waals surface area contributed by atoms with Crippen molar-refractivity contribution in [1.29, 1.82) is 0 Å². The molecule has 2 aromatic carbocycles. The van der Waals surface area contributed by atoms with Gasteiger partial charge in [0.25, 0.3) is 5.91 Å². The number of carbonyl (C=O) groups is 2. The van der Waals surface area contributed by atoms with E-state index in [0.717, 1.165) is 0 Å². The third-order valence-electron chi connectivity index (χ3n) is 4.88. The molecule has 9 heteroatoms. The van der Waals surface area contributed by atoms with Crippen LogP contribution in [0.25, 0.3) is 11.0 Å². The summed E-state index contributed by atoms with van der Waals surface area (Å²) in [7, 11) is 0. The van der Waals surface area contributed by atoms with E-state index in [1.807, 2.05) is 0 Å². The zero-order valence-electron chi connectivity index (χ0n) is 18.4. The first-order chi connectivity index (χ1) is 15.7. The highest BCUT2D eigenvalue weighted by molar-refractivity contribution is 6.32. The first-order valence-corrected chi connectivity index (χ1v) is 10.7. The van der Waals surface area contributed by atoms with E-state index in [0.29, 0.717) is 27.8 Å². The Morgan fingerprint density at radius 1 is 1.21 bits per heavy atom. The molecule has 8 nitrogen and oxygen atoms in total. The highest BCUT2D eigenvalue weighted by Crippen LogP contribution is 2.32. The zero-order chi connectivity index (χ0) is 24.1. The molecule has 0 fully saturated rings. The van der Waals surface area contributed by atoms with Gasteiger partial charge < -0.3 is 24.3 Å². The molecule has 3 aromatic rings. The number of hydrogen-bond acceptors (Lipinski definition) is 7. The summed E-state index contributed by atoms with van der Waals surface area (Å²) in [5, 5.41) is 13.1. The van der Waals surface area contributed by atoms with Gasteiger partial charge in [-0.1, -0.05) is 11.6 Å². The highest BCUT2D eigenvalue weighted by atomic mass is 35.5. The lowest BCUT2D eigenvalue weighted by Gasteiger charge is -2.12. The molecule has 33 heavy (non-hydrogen) atoms. The molecule has 0 bridgehead atoms. The largest absolute Gasteiger partial charge is 0.482 e. The van der Waals surface area contributed by atoms with Crippen molar-refractivity contribution < 1.29 is 28.6 Å². The van der Waals surface area contributed by atoms with Crippen molar-refractivity contribution in [2.45, 2.75) is 33.3 Å². The summed E-state index contributed by atoms with van der Waals surface area (Å²) in [5.41, 5.74) is 1.63. The summed E-state index contributed by atoms with van der Waals surface area (Å²) in [5.74, 6) is -0.702. The molecule has 0 spiro atoms. The van der Waals surface area contributed by atoms with E-state index < -0.39 is 23.6 Å². The molecule has 0 aliphatic heterocycles. The van der Waals surface area contributed by atoms with Crippen LogP contribution in [0, 0.1) is 6.92 Å². The van der Waals surface area contributed by atoms with Gasteiger partial charge in [-0.25, -0.2) is 9.59 Å². The number of halogens is 1. The number of aliphatic hydroxyl groups excluding tert-OH is 1. The van der Waals surface area contributed by atoms with Crippen LogP contribution in [-0.4, -0.2) is 36.3 Å². The van der Waals surface area contributed by atoms with E-state index in [4.69, 9.17) is 25.5 Å². The summed E-state index contributed by atoms with van der Waals surface area (Å²) in [4.78, 5) is 36.3. The number of rotatable bonds is 8. The lowest BCUT2D eigenvalue weighted by Crippen LogP contribution is -2.20. The Morgan fingerprint density at radius 3 is 2.55 bits per heavy atom. The number of hydrogen-bond donors (Lipinski definition) is 2. The molecule has 1 atom stereocenters. The van der Waals surface area contributed by atoms with Gasteiger partial charge >= 0.3 is 11.6 Å². The number of esters is 1. The lowest BCUT2D eigenvalue weighted by molar-refractivity contribution is -0.118. The molecule has 0 saturated carbocycles. The molecule has 3 rings (SSSR count). The van der Waals surface area contributed by atoms with Crippen LogP contribution in [0.2, 0.25) is 5.02 Å². The van der Waals surface area contributed by atoms with Crippen molar-refractivity contribution in [3.63, 3.8) is 0 Å². The molecule has 1 heterocycles. The molecule has 0 unspecified atom stereocenters. The molecule has 1 amide bonds. The fourth-order valence-corrected chi connectivity index (χ4v) is 3.49. The Morgan fingerprint density at radius 2 is 1.91 bits per heavy atom. The second kappa shape index (κ2) is 10.5. The first kappa shape index (κ1) is 24.3. The van der Waals surface area contributed by atoms with E-state index in [1.54, 1.807) is 51.1 Å². The van der Waals surface area contributed by atoms with E-state index >= 15 is 0 Å². The molecular weight excluding hydrogens is 450 g/mol. The number of aliphatic hydroxyl groups is 1. The minimum absolute atomic E-state index is 0.168. The average molecular weight is 474 g/mol. The van der Waals surface area contributed by atoms with Crippen LogP contribution in [-0.2, 0) is 16.0 Å². The van der Waals surface area contributed by atoms with Gasteiger partial charge in [0.2, 0.25) is 0 Å². The zero-order valence-corrected chi connectivity index (χ0v) is 19.2. The molecule has 174 valence electrons. The maximum atomic E-state index is 12.3. The number of amides is 1. The van der Waals surface area contributed by atoms with E-state index in [2.05, 4.69) is 5.32 Å². The topological polar surface area (TPSA) is 115 Å². The molecule has 0 aliphatic rings. The Bertz CT molecular complexity index is 1230. The SMILES string of the molecule is CCOC(=O)c1ccc(NC(=O)COc2cc3oc(=O)c(C[C@H](C)O)c(C)c3cc2Cl)cc1. The Labute approximate surface area is 195 Å². The number of fused-ring (bicyclic) bond motifs is 1. The summed E-state index contributed by atoms with van der Waals surface area (Å²) in [6.45, 7) is 5.01. The maximum Gasteiger partial charge on any atom is 0.339 e. The Kier molecular flexibility index (Phi) is 7.73. The smallest absolute Gasteiger partial charge is 0.339 e. The van der Waals surface area contributed by atoms with Crippen molar-refractivity contribution in [2.75, 3.05) is 18.5 Å². The fourth-order valence-electron chi connectivity index (χ4n) is 3.28. The number of carbonyl (C=O) groups excluding carboxylic acids is 2. The van der Waals surface area contributed by atoms with Crippen LogP contribution in [0.3, 0.4) is 0 Å². The van der Waals surface area contributed by atoms with Crippen molar-refractivity contribution in [1.82, 2.24) is 0 Å². The van der Waals surface area contributed by atoms with Crippen LogP contribution in [0.15, 0.2) is 45.6 Å². The van der Waals surface area contributed by atoms with Crippen LogP contribution in [0.5, 0.6) is 5.75 Å². The van der Waals surface area contributed by atoms with Crippen molar-refractivity contribution in [2.24, 2.45) is 0 Å². The van der Waals surface area contributed by atoms with E-state index in [-0.39, 0.29) is 36.0 Å². The summed E-state index contributed by atoms with van der Waals surface area (Å²) >= 11 is 6.32. The van der Waals surface area contributed by atoms with Gasteiger partial charge in [0.15, 0.2) is 6.61 Å². The van der Waals surface area contributed by atoms with Crippen LogP contribution in [0.4, 0.5) is 5.69 Å². The standard InChI is InChI=1S/C24H24ClNO7/c1-4-31-23(29)15-5-7-16(8-6-15)26-22(28)12-32-21-11-20-17(10-19(21)25)14(3)18(9-13(2)27)24(30)33-20/h5-8,10-11,13,27H,4,9,12H2,1-3H3,(H,26,28)/t13-/m0/s1. The molecule has 0 saturated heterocycles. The first-order valence-electron chi connectivity index (χ1n) is 10.3. The average Bonchev–Trinajstić information content (AvgIpc) is 2.76. The van der Waals surface area contributed by atoms with Crippen molar-refractivity contribution in [3.05, 3.63) is 68.5 Å². The van der Waals surface area contributed by atoms with Gasteiger partial charge in [-0.05, 0) is 56.7 Å². The van der Waals surface area contributed by atoms with Gasteiger partial charge in [-0.2, -0.15) is 0 Å². The lowest BCUT2D eigenvalue weighted by atomic mass is 10.0. The molecule has 1 aromatic heterocycles. The minimum Gasteiger partial charge on any atom is -0.482 e. The van der Waals surface area contributed by atoms with Gasteiger partial charge in [-0.3, -0.25) is 4.79 Å². The number of benzene rings is 2. The van der Waals surface area contributed by atoms with Gasteiger partial charge in [0.05, 0.1) is 23.3 Å². The van der Waals surface area contributed by atoms with Gasteiger partial charge in [0.1, 0.15) is 11.3 Å².